The second kappa shape index (κ2) is 6.65. The average Bonchev–Trinajstić information content (AvgIpc) is 3.18. The van der Waals surface area contributed by atoms with Gasteiger partial charge in [-0.25, -0.2) is 4.98 Å². The second-order valence-electron chi connectivity index (χ2n) is 6.12. The van der Waals surface area contributed by atoms with Gasteiger partial charge in [0.1, 0.15) is 6.04 Å². The van der Waals surface area contributed by atoms with Gasteiger partial charge in [0.2, 0.25) is 5.95 Å². The number of ether oxygens (including phenoxy) is 1. The number of esters is 1. The van der Waals surface area contributed by atoms with E-state index in [9.17, 15) is 14.7 Å². The van der Waals surface area contributed by atoms with Crippen LogP contribution < -0.4 is 17.0 Å². The molecule has 1 aliphatic rings. The number of fused-ring (bicyclic) bond motifs is 1. The molecule has 6 N–H and O–H groups in total. The van der Waals surface area contributed by atoms with Gasteiger partial charge in [-0.05, 0) is 13.3 Å². The lowest BCUT2D eigenvalue weighted by Crippen LogP contribution is -2.41. The summed E-state index contributed by atoms with van der Waals surface area (Å²) in [6.07, 6.45) is 5.09. The van der Waals surface area contributed by atoms with E-state index in [0.717, 1.165) is 0 Å². The van der Waals surface area contributed by atoms with Crippen LogP contribution in [-0.2, 0) is 9.53 Å². The molecular weight excluding hydrogens is 328 g/mol. The fourth-order valence-electron chi connectivity index (χ4n) is 2.75. The Hall–Kier alpha value is -2.72. The van der Waals surface area contributed by atoms with Crippen LogP contribution in [0, 0.1) is 5.92 Å². The molecule has 2 aromatic rings. The van der Waals surface area contributed by atoms with Crippen molar-refractivity contribution >= 4 is 23.1 Å². The van der Waals surface area contributed by atoms with Crippen molar-refractivity contribution in [3.63, 3.8) is 0 Å². The number of aliphatic hydroxyl groups is 1. The number of aromatic amines is 1. The third-order valence-corrected chi connectivity index (χ3v) is 4.19. The van der Waals surface area contributed by atoms with Gasteiger partial charge in [0.15, 0.2) is 11.2 Å². The van der Waals surface area contributed by atoms with Crippen molar-refractivity contribution < 1.29 is 14.6 Å². The van der Waals surface area contributed by atoms with Gasteiger partial charge in [0.25, 0.3) is 5.56 Å². The lowest BCUT2D eigenvalue weighted by molar-refractivity contribution is -0.148. The number of nitrogens with zero attached hydrogens (tertiary/aromatic N) is 3. The van der Waals surface area contributed by atoms with Crippen molar-refractivity contribution in [3.05, 3.63) is 28.8 Å². The van der Waals surface area contributed by atoms with Crippen molar-refractivity contribution in [3.8, 4) is 0 Å². The van der Waals surface area contributed by atoms with Crippen molar-refractivity contribution in [1.29, 1.82) is 0 Å². The summed E-state index contributed by atoms with van der Waals surface area (Å²) < 4.78 is 6.91. The van der Waals surface area contributed by atoms with E-state index in [-0.39, 0.29) is 35.6 Å². The monoisotopic (exact) mass is 348 g/mol. The first kappa shape index (κ1) is 17.1. The lowest BCUT2D eigenvalue weighted by Gasteiger charge is -2.17. The smallest absolute Gasteiger partial charge is 0.325 e. The molecular formula is C15H20N6O4. The standard InChI is InChI=1S/C15H20N6O4/c1-7(22)10(16)14(24)25-5-8-2-3-9(4-8)21-6-18-11-12(21)19-15(17)20-13(11)23/h2-3,6-10,22H,4-5,16H2,1H3,(H3,17,19,20,23)/t7-,8-,9+,10+/m1/s1. The minimum absolute atomic E-state index is 0.00746. The third kappa shape index (κ3) is 3.39. The molecule has 0 bridgehead atoms. The second-order valence-corrected chi connectivity index (χ2v) is 6.12. The number of carbonyl (C=O) groups is 1. The maximum atomic E-state index is 11.8. The molecule has 0 unspecified atom stereocenters. The highest BCUT2D eigenvalue weighted by atomic mass is 16.5. The Balaban J connectivity index is 1.67. The van der Waals surface area contributed by atoms with Crippen molar-refractivity contribution in [1.82, 2.24) is 19.5 Å². The van der Waals surface area contributed by atoms with Gasteiger partial charge in [-0.15, -0.1) is 0 Å². The van der Waals surface area contributed by atoms with E-state index in [1.807, 2.05) is 12.2 Å². The number of aromatic nitrogens is 4. The highest BCUT2D eigenvalue weighted by Crippen LogP contribution is 2.29. The highest BCUT2D eigenvalue weighted by Gasteiger charge is 2.26. The van der Waals surface area contributed by atoms with E-state index in [1.165, 1.54) is 6.92 Å². The lowest BCUT2D eigenvalue weighted by atomic mass is 10.1. The van der Waals surface area contributed by atoms with Crippen molar-refractivity contribution in [2.24, 2.45) is 11.7 Å². The van der Waals surface area contributed by atoms with Crippen LogP contribution in [0.3, 0.4) is 0 Å². The molecule has 0 saturated carbocycles. The topological polar surface area (TPSA) is 162 Å². The fraction of sp³-hybridized carbons (Fsp3) is 0.467. The molecule has 0 amide bonds. The number of imidazole rings is 1. The molecule has 0 aliphatic heterocycles. The number of carbonyl (C=O) groups excluding carboxylic acids is 1. The first-order chi connectivity index (χ1) is 11.9. The summed E-state index contributed by atoms with van der Waals surface area (Å²) in [5.41, 5.74) is 11.4. The van der Waals surface area contributed by atoms with E-state index >= 15 is 0 Å². The van der Waals surface area contributed by atoms with E-state index in [1.54, 1.807) is 10.9 Å². The fourth-order valence-corrected chi connectivity index (χ4v) is 2.75. The number of hydrogen-bond acceptors (Lipinski definition) is 8. The van der Waals surface area contributed by atoms with Gasteiger partial charge in [-0.3, -0.25) is 14.6 Å². The van der Waals surface area contributed by atoms with Gasteiger partial charge in [0, 0.05) is 5.92 Å². The van der Waals surface area contributed by atoms with Crippen LogP contribution in [0.25, 0.3) is 11.2 Å². The predicted molar refractivity (Wildman–Crippen MR) is 89.5 cm³/mol. The van der Waals surface area contributed by atoms with Crippen LogP contribution in [0.4, 0.5) is 5.95 Å². The van der Waals surface area contributed by atoms with Crippen LogP contribution in [0.1, 0.15) is 19.4 Å². The maximum Gasteiger partial charge on any atom is 0.325 e. The van der Waals surface area contributed by atoms with Gasteiger partial charge >= 0.3 is 5.97 Å². The molecule has 0 aromatic carbocycles. The summed E-state index contributed by atoms with van der Waals surface area (Å²) in [5, 5.41) is 9.30. The van der Waals surface area contributed by atoms with Crippen LogP contribution in [-0.4, -0.2) is 49.3 Å². The van der Waals surface area contributed by atoms with Crippen molar-refractivity contribution in [2.45, 2.75) is 31.5 Å². The van der Waals surface area contributed by atoms with Crippen LogP contribution in [0.5, 0.6) is 0 Å². The number of hydrogen-bond donors (Lipinski definition) is 4. The van der Waals surface area contributed by atoms with Crippen LogP contribution in [0.15, 0.2) is 23.3 Å². The number of allylic oxidation sites excluding steroid dienone is 1. The van der Waals surface area contributed by atoms with Gasteiger partial charge in [0.05, 0.1) is 25.1 Å². The van der Waals surface area contributed by atoms with E-state index in [2.05, 4.69) is 15.0 Å². The summed E-state index contributed by atoms with van der Waals surface area (Å²) in [6, 6.07) is -1.13. The Bertz CT molecular complexity index is 871. The molecule has 10 nitrogen and oxygen atoms in total. The summed E-state index contributed by atoms with van der Waals surface area (Å²) >= 11 is 0. The zero-order valence-corrected chi connectivity index (χ0v) is 13.6. The van der Waals surface area contributed by atoms with Gasteiger partial charge in [-0.1, -0.05) is 12.2 Å². The molecule has 4 atom stereocenters. The quantitative estimate of drug-likeness (QED) is 0.398. The number of nitrogens with one attached hydrogen (secondary N) is 1. The molecule has 0 radical (unpaired) electrons. The Labute approximate surface area is 142 Å². The highest BCUT2D eigenvalue weighted by molar-refractivity contribution is 5.76. The Morgan fingerprint density at radius 1 is 1.56 bits per heavy atom. The van der Waals surface area contributed by atoms with E-state index in [0.29, 0.717) is 12.1 Å². The third-order valence-electron chi connectivity index (χ3n) is 4.19. The average molecular weight is 348 g/mol. The number of anilines is 1. The molecule has 134 valence electrons. The minimum atomic E-state index is -1.06. The molecule has 1 aliphatic carbocycles. The summed E-state index contributed by atoms with van der Waals surface area (Å²) in [7, 11) is 0. The predicted octanol–water partition coefficient (Wildman–Crippen LogP) is -0.930. The van der Waals surface area contributed by atoms with E-state index in [4.69, 9.17) is 16.2 Å². The van der Waals surface area contributed by atoms with Gasteiger partial charge < -0.3 is 25.9 Å². The zero-order valence-electron chi connectivity index (χ0n) is 13.6. The molecule has 2 heterocycles. The number of rotatable bonds is 5. The molecule has 3 rings (SSSR count). The van der Waals surface area contributed by atoms with Crippen molar-refractivity contribution in [2.75, 3.05) is 12.3 Å². The Morgan fingerprint density at radius 2 is 2.32 bits per heavy atom. The first-order valence-electron chi connectivity index (χ1n) is 7.87. The molecule has 2 aromatic heterocycles. The van der Waals surface area contributed by atoms with Crippen LogP contribution >= 0.6 is 0 Å². The minimum Gasteiger partial charge on any atom is -0.464 e. The summed E-state index contributed by atoms with van der Waals surface area (Å²) in [5.74, 6) is -0.619. The summed E-state index contributed by atoms with van der Waals surface area (Å²) in [4.78, 5) is 34.2. The zero-order chi connectivity index (χ0) is 18.1. The number of aliphatic hydroxyl groups excluding tert-OH is 1. The molecule has 0 fully saturated rings. The normalized spacial score (nSPS) is 22.2. The molecule has 0 saturated heterocycles. The number of H-pyrrole nitrogens is 1. The van der Waals surface area contributed by atoms with E-state index < -0.39 is 18.1 Å². The van der Waals surface area contributed by atoms with Gasteiger partial charge in [-0.2, -0.15) is 4.98 Å². The molecule has 0 spiro atoms. The first-order valence-corrected chi connectivity index (χ1v) is 7.87. The largest absolute Gasteiger partial charge is 0.464 e. The number of nitrogens with two attached hydrogens (primary N) is 2. The Morgan fingerprint density at radius 3 is 3.04 bits per heavy atom. The van der Waals surface area contributed by atoms with Crippen LogP contribution in [0.2, 0.25) is 0 Å². The SMILES string of the molecule is C[C@@H](O)[C@H](N)C(=O)OC[C@@H]1C=C[C@H](n2cnc3c(=O)[nH]c(N)nc32)C1. The molecule has 10 heteroatoms. The number of nitrogen functional groups attached to an aromatic ring is 1. The summed E-state index contributed by atoms with van der Waals surface area (Å²) in [6.45, 7) is 1.59. The Kier molecular flexibility index (Phi) is 4.55. The maximum absolute atomic E-state index is 11.8. The molecule has 25 heavy (non-hydrogen) atoms.